The molecule has 2 nitrogen and oxygen atoms in total. The number of ether oxygens (including phenoxy) is 1. The molecule has 108 valence electrons. The predicted octanol–water partition coefficient (Wildman–Crippen LogP) is 4.41. The summed E-state index contributed by atoms with van der Waals surface area (Å²) in [6.07, 6.45) is 0. The smallest absolute Gasteiger partial charge is 0.339 e. The first-order chi connectivity index (χ1) is 10.6. The van der Waals surface area contributed by atoms with Crippen molar-refractivity contribution in [2.45, 2.75) is 12.5 Å². The quantitative estimate of drug-likeness (QED) is 0.621. The molecular formula is C19H13FO2. The second kappa shape index (κ2) is 4.41. The Morgan fingerprint density at radius 2 is 1.55 bits per heavy atom. The standard InChI is InChI=1S/C19H13FO2/c1-19(15-9-5-4-8-14(15)18(21)22-19)16-10-12-6-2-3-7-13(12)11-17(16)20/h2-11H,1H3. The molecule has 1 atom stereocenters. The maximum absolute atomic E-state index is 14.6. The lowest BCUT2D eigenvalue weighted by molar-refractivity contribution is 0.0169. The summed E-state index contributed by atoms with van der Waals surface area (Å²) >= 11 is 0. The van der Waals surface area contributed by atoms with E-state index in [2.05, 4.69) is 0 Å². The van der Waals surface area contributed by atoms with E-state index in [0.29, 0.717) is 16.7 Å². The van der Waals surface area contributed by atoms with Crippen molar-refractivity contribution in [3.05, 3.63) is 83.2 Å². The van der Waals surface area contributed by atoms with Gasteiger partial charge in [0, 0.05) is 11.1 Å². The highest BCUT2D eigenvalue weighted by molar-refractivity contribution is 5.95. The van der Waals surface area contributed by atoms with E-state index in [9.17, 15) is 9.18 Å². The molecule has 0 amide bonds. The minimum Gasteiger partial charge on any atom is -0.446 e. The number of hydrogen-bond acceptors (Lipinski definition) is 2. The molecule has 1 unspecified atom stereocenters. The van der Waals surface area contributed by atoms with Crippen molar-refractivity contribution in [3.63, 3.8) is 0 Å². The van der Waals surface area contributed by atoms with Crippen LogP contribution in [0.2, 0.25) is 0 Å². The van der Waals surface area contributed by atoms with E-state index >= 15 is 0 Å². The van der Waals surface area contributed by atoms with Crippen molar-refractivity contribution in [1.29, 1.82) is 0 Å². The molecule has 0 aromatic heterocycles. The zero-order valence-corrected chi connectivity index (χ0v) is 12.0. The number of carbonyl (C=O) groups is 1. The van der Waals surface area contributed by atoms with E-state index in [0.717, 1.165) is 10.8 Å². The molecule has 1 heterocycles. The SMILES string of the molecule is CC1(c2cc3ccccc3cc2F)OC(=O)c2ccccc21. The first-order valence-electron chi connectivity index (χ1n) is 7.11. The Kier molecular flexibility index (Phi) is 2.61. The third-order valence-electron chi connectivity index (χ3n) is 4.31. The zero-order valence-electron chi connectivity index (χ0n) is 12.0. The minimum atomic E-state index is -1.10. The summed E-state index contributed by atoms with van der Waals surface area (Å²) in [6, 6.07) is 17.9. The highest BCUT2D eigenvalue weighted by atomic mass is 19.1. The van der Waals surface area contributed by atoms with Gasteiger partial charge in [-0.15, -0.1) is 0 Å². The van der Waals surface area contributed by atoms with Gasteiger partial charge in [-0.2, -0.15) is 0 Å². The largest absolute Gasteiger partial charge is 0.446 e. The molecule has 0 bridgehead atoms. The second-order valence-corrected chi connectivity index (χ2v) is 5.65. The second-order valence-electron chi connectivity index (χ2n) is 5.65. The first-order valence-corrected chi connectivity index (χ1v) is 7.11. The number of cyclic esters (lactones) is 1. The van der Waals surface area contributed by atoms with Crippen LogP contribution in [0.1, 0.15) is 28.4 Å². The van der Waals surface area contributed by atoms with Gasteiger partial charge in [0.15, 0.2) is 5.60 Å². The molecule has 0 N–H and O–H groups in total. The summed E-state index contributed by atoms with van der Waals surface area (Å²) in [5.41, 5.74) is 0.484. The number of esters is 1. The maximum Gasteiger partial charge on any atom is 0.339 e. The summed E-state index contributed by atoms with van der Waals surface area (Å²) in [7, 11) is 0. The van der Waals surface area contributed by atoms with E-state index in [1.807, 2.05) is 36.4 Å². The van der Waals surface area contributed by atoms with Gasteiger partial charge in [-0.25, -0.2) is 9.18 Å². The lowest BCUT2D eigenvalue weighted by Crippen LogP contribution is -2.25. The van der Waals surface area contributed by atoms with Gasteiger partial charge in [0.05, 0.1) is 5.56 Å². The number of halogens is 1. The van der Waals surface area contributed by atoms with Gasteiger partial charge >= 0.3 is 5.97 Å². The van der Waals surface area contributed by atoms with Crippen molar-refractivity contribution in [2.75, 3.05) is 0 Å². The molecule has 0 saturated carbocycles. The molecule has 0 radical (unpaired) electrons. The Balaban J connectivity index is 1.99. The Hall–Kier alpha value is -2.68. The fourth-order valence-corrected chi connectivity index (χ4v) is 3.15. The van der Waals surface area contributed by atoms with Crippen LogP contribution in [-0.4, -0.2) is 5.97 Å². The van der Waals surface area contributed by atoms with E-state index < -0.39 is 11.6 Å². The summed E-state index contributed by atoms with van der Waals surface area (Å²) in [5.74, 6) is -0.781. The third-order valence-corrected chi connectivity index (χ3v) is 4.31. The Morgan fingerprint density at radius 1 is 0.909 bits per heavy atom. The van der Waals surface area contributed by atoms with Crippen LogP contribution in [0.25, 0.3) is 10.8 Å². The summed E-state index contributed by atoms with van der Waals surface area (Å²) in [5, 5.41) is 1.74. The molecule has 22 heavy (non-hydrogen) atoms. The average Bonchev–Trinajstić information content (AvgIpc) is 2.79. The van der Waals surface area contributed by atoms with E-state index in [-0.39, 0.29) is 5.82 Å². The van der Waals surface area contributed by atoms with Gasteiger partial charge in [0.2, 0.25) is 0 Å². The highest BCUT2D eigenvalue weighted by Gasteiger charge is 2.44. The molecule has 1 aliphatic rings. The number of rotatable bonds is 1. The normalized spacial score (nSPS) is 20.0. The van der Waals surface area contributed by atoms with Crippen LogP contribution in [0.3, 0.4) is 0 Å². The minimum absolute atomic E-state index is 0.370. The average molecular weight is 292 g/mol. The van der Waals surface area contributed by atoms with Crippen LogP contribution in [0, 0.1) is 5.82 Å². The molecule has 3 aromatic rings. The van der Waals surface area contributed by atoms with Gasteiger partial charge in [-0.05, 0) is 35.9 Å². The van der Waals surface area contributed by atoms with Gasteiger partial charge < -0.3 is 4.74 Å². The lowest BCUT2D eigenvalue weighted by atomic mass is 9.86. The van der Waals surface area contributed by atoms with Crippen LogP contribution in [-0.2, 0) is 10.3 Å². The van der Waals surface area contributed by atoms with Crippen molar-refractivity contribution in [3.8, 4) is 0 Å². The van der Waals surface area contributed by atoms with Crippen LogP contribution >= 0.6 is 0 Å². The van der Waals surface area contributed by atoms with Crippen LogP contribution in [0.5, 0.6) is 0 Å². The Morgan fingerprint density at radius 3 is 2.32 bits per heavy atom. The number of carbonyl (C=O) groups excluding carboxylic acids is 1. The van der Waals surface area contributed by atoms with Gasteiger partial charge in [0.1, 0.15) is 5.82 Å². The van der Waals surface area contributed by atoms with Crippen molar-refractivity contribution in [1.82, 2.24) is 0 Å². The number of benzene rings is 3. The molecule has 0 fully saturated rings. The number of fused-ring (bicyclic) bond motifs is 2. The molecule has 4 rings (SSSR count). The van der Waals surface area contributed by atoms with Crippen molar-refractivity contribution < 1.29 is 13.9 Å². The zero-order chi connectivity index (χ0) is 15.3. The lowest BCUT2D eigenvalue weighted by Gasteiger charge is -2.25. The Labute approximate surface area is 127 Å². The molecule has 0 saturated heterocycles. The summed E-state index contributed by atoms with van der Waals surface area (Å²) in [4.78, 5) is 12.1. The van der Waals surface area contributed by atoms with Crippen molar-refractivity contribution >= 4 is 16.7 Å². The number of hydrogen-bond donors (Lipinski definition) is 0. The van der Waals surface area contributed by atoms with Crippen LogP contribution in [0.15, 0.2) is 60.7 Å². The first kappa shape index (κ1) is 13.0. The molecular weight excluding hydrogens is 279 g/mol. The molecule has 3 heteroatoms. The fourth-order valence-electron chi connectivity index (χ4n) is 3.15. The summed E-state index contributed by atoms with van der Waals surface area (Å²) < 4.78 is 20.2. The third kappa shape index (κ3) is 1.69. The van der Waals surface area contributed by atoms with E-state index in [4.69, 9.17) is 4.74 Å². The van der Waals surface area contributed by atoms with Gasteiger partial charge in [-0.3, -0.25) is 0 Å². The highest BCUT2D eigenvalue weighted by Crippen LogP contribution is 2.43. The van der Waals surface area contributed by atoms with Gasteiger partial charge in [0.25, 0.3) is 0 Å². The van der Waals surface area contributed by atoms with E-state index in [1.54, 1.807) is 25.1 Å². The predicted molar refractivity (Wildman–Crippen MR) is 82.2 cm³/mol. The van der Waals surface area contributed by atoms with Crippen LogP contribution < -0.4 is 0 Å². The van der Waals surface area contributed by atoms with Crippen LogP contribution in [0.4, 0.5) is 4.39 Å². The van der Waals surface area contributed by atoms with E-state index in [1.165, 1.54) is 6.07 Å². The van der Waals surface area contributed by atoms with Gasteiger partial charge in [-0.1, -0.05) is 42.5 Å². The molecule has 1 aliphatic heterocycles. The Bertz CT molecular complexity index is 916. The molecule has 0 spiro atoms. The summed E-state index contributed by atoms with van der Waals surface area (Å²) in [6.45, 7) is 1.74. The molecule has 3 aromatic carbocycles. The topological polar surface area (TPSA) is 26.3 Å². The fraction of sp³-hybridized carbons (Fsp3) is 0.105. The monoisotopic (exact) mass is 292 g/mol. The van der Waals surface area contributed by atoms with Crippen molar-refractivity contribution in [2.24, 2.45) is 0 Å². The maximum atomic E-state index is 14.6. The molecule has 0 aliphatic carbocycles.